The largest absolute Gasteiger partial charge is 0.394 e. The van der Waals surface area contributed by atoms with Gasteiger partial charge >= 0.3 is 0 Å². The van der Waals surface area contributed by atoms with Crippen LogP contribution in [0.3, 0.4) is 0 Å². The van der Waals surface area contributed by atoms with Crippen molar-refractivity contribution in [3.8, 4) is 0 Å². The Labute approximate surface area is 266 Å². The lowest BCUT2D eigenvalue weighted by Gasteiger charge is -2.53. The highest BCUT2D eigenvalue weighted by molar-refractivity contribution is 5.01. The topological polar surface area (TPSA) is 267 Å². The molecule has 3 aliphatic heterocycles. The Balaban J connectivity index is 1.41. The Morgan fingerprint density at radius 1 is 0.522 bits per heavy atom. The maximum absolute atomic E-state index is 10.8. The highest BCUT2D eigenvalue weighted by Gasteiger charge is 2.54. The first kappa shape index (κ1) is 36.6. The zero-order chi connectivity index (χ0) is 33.4. The van der Waals surface area contributed by atoms with Crippen molar-refractivity contribution in [3.63, 3.8) is 0 Å². The van der Waals surface area contributed by atoms with Gasteiger partial charge in [-0.05, 0) is 31.6 Å². The van der Waals surface area contributed by atoms with Crippen molar-refractivity contribution < 1.29 is 84.2 Å². The second-order valence-electron chi connectivity index (χ2n) is 13.2. The lowest BCUT2D eigenvalue weighted by atomic mass is 9.72. The van der Waals surface area contributed by atoms with E-state index in [4.69, 9.17) is 33.2 Å². The molecular formula is C29H50O17. The van der Waals surface area contributed by atoms with Crippen molar-refractivity contribution in [2.75, 3.05) is 27.4 Å². The predicted octanol–water partition coefficient (Wildman–Crippen LogP) is -4.91. The second kappa shape index (κ2) is 15.5. The van der Waals surface area contributed by atoms with Gasteiger partial charge in [0.25, 0.3) is 0 Å². The molecule has 0 aromatic rings. The Bertz CT molecular complexity index is 945. The van der Waals surface area contributed by atoms with Crippen molar-refractivity contribution >= 4 is 0 Å². The summed E-state index contributed by atoms with van der Waals surface area (Å²) in [5.74, 6) is -0.828. The summed E-state index contributed by atoms with van der Waals surface area (Å²) in [6, 6.07) is 0. The van der Waals surface area contributed by atoms with Crippen LogP contribution < -0.4 is 0 Å². The molecule has 17 nitrogen and oxygen atoms in total. The van der Waals surface area contributed by atoms with Gasteiger partial charge in [-0.25, -0.2) is 0 Å². The van der Waals surface area contributed by atoms with Gasteiger partial charge in [0.05, 0.1) is 55.9 Å². The summed E-state index contributed by atoms with van der Waals surface area (Å²) in [7, 11) is 2.95. The molecule has 0 aromatic heterocycles. The van der Waals surface area contributed by atoms with Crippen LogP contribution in [0.25, 0.3) is 0 Å². The van der Waals surface area contributed by atoms with Gasteiger partial charge in [-0.2, -0.15) is 0 Å². The van der Waals surface area contributed by atoms with Crippen molar-refractivity contribution in [2.45, 2.75) is 142 Å². The highest BCUT2D eigenvalue weighted by Crippen LogP contribution is 2.45. The molecule has 17 heteroatoms. The van der Waals surface area contributed by atoms with Crippen LogP contribution in [0.2, 0.25) is 0 Å². The molecule has 10 N–H and O–H groups in total. The van der Waals surface area contributed by atoms with Gasteiger partial charge in [0.2, 0.25) is 0 Å². The van der Waals surface area contributed by atoms with E-state index in [9.17, 15) is 51.1 Å². The van der Waals surface area contributed by atoms with Crippen LogP contribution in [0.4, 0.5) is 0 Å². The average Bonchev–Trinajstić information content (AvgIpc) is 3.05. The predicted molar refractivity (Wildman–Crippen MR) is 150 cm³/mol. The smallest absolute Gasteiger partial charge is 0.187 e. The van der Waals surface area contributed by atoms with Gasteiger partial charge < -0.3 is 84.2 Å². The Kier molecular flexibility index (Phi) is 12.3. The summed E-state index contributed by atoms with van der Waals surface area (Å²) >= 11 is 0. The number of fused-ring (bicyclic) bond motifs is 1. The Morgan fingerprint density at radius 2 is 1.02 bits per heavy atom. The van der Waals surface area contributed by atoms with Gasteiger partial charge in [0.15, 0.2) is 12.6 Å². The van der Waals surface area contributed by atoms with E-state index < -0.39 is 129 Å². The third kappa shape index (κ3) is 7.27. The van der Waals surface area contributed by atoms with Gasteiger partial charge in [0, 0.05) is 26.6 Å². The number of hydrogen-bond acceptors (Lipinski definition) is 17. The number of rotatable bonds is 9. The quantitative estimate of drug-likeness (QED) is 0.110. The molecule has 0 bridgehead atoms. The molecular weight excluding hydrogens is 620 g/mol. The molecule has 5 fully saturated rings. The van der Waals surface area contributed by atoms with Crippen molar-refractivity contribution in [1.82, 2.24) is 0 Å². The SMILES string of the molecule is COC1CC(C2OC3CC(O)CC(O[C@H]4O[C@@H](CO)[C@H](O)[C@@H](O)[C@@H]4O)C3CC2O[C@H]2O[C@@H](CO)[C@H](O)[C@@H](O)[C@@H]2O)CC(OC)C1O. The van der Waals surface area contributed by atoms with Crippen LogP contribution >= 0.6 is 0 Å². The van der Waals surface area contributed by atoms with Crippen LogP contribution in [0.15, 0.2) is 0 Å². The molecule has 3 heterocycles. The number of hydrogen-bond donors (Lipinski definition) is 10. The number of aliphatic hydroxyl groups excluding tert-OH is 10. The molecule has 2 aliphatic carbocycles. The monoisotopic (exact) mass is 670 g/mol. The normalized spacial score (nSPS) is 53.5. The molecule has 5 rings (SSSR count). The van der Waals surface area contributed by atoms with Gasteiger partial charge in [-0.15, -0.1) is 0 Å². The third-order valence-corrected chi connectivity index (χ3v) is 10.4. The summed E-state index contributed by atoms with van der Waals surface area (Å²) < 4.78 is 41.4. The van der Waals surface area contributed by atoms with Gasteiger partial charge in [0.1, 0.15) is 54.9 Å². The standard InChI is InChI=1S/C29H50O17/c1-40-15-3-10(4-16(41-2)20(15)33)27-17(44-29-26(39)24(37)22(35)19(9-31)46-29)7-12-13(42-27)5-11(32)6-14(12)43-28-25(38)23(36)21(34)18(8-30)45-28/h10-39H,3-9H2,1-2H3/t10?,11?,12?,13?,14?,15?,16?,17?,18-,19-,20?,21-,22-,23+,24+,25-,26-,27?,28-,29-/m0/s1. The maximum atomic E-state index is 10.8. The molecule has 5 aliphatic rings. The highest BCUT2D eigenvalue weighted by atomic mass is 16.7. The third-order valence-electron chi connectivity index (χ3n) is 10.4. The second-order valence-corrected chi connectivity index (χ2v) is 13.2. The molecule has 0 radical (unpaired) electrons. The fourth-order valence-corrected chi connectivity index (χ4v) is 7.73. The zero-order valence-corrected chi connectivity index (χ0v) is 25.8. The summed E-state index contributed by atoms with van der Waals surface area (Å²) in [5.41, 5.74) is 0. The summed E-state index contributed by atoms with van der Waals surface area (Å²) in [6.45, 7) is -1.30. The van der Waals surface area contributed by atoms with Crippen LogP contribution in [0, 0.1) is 11.8 Å². The van der Waals surface area contributed by atoms with Gasteiger partial charge in [-0.1, -0.05) is 0 Å². The van der Waals surface area contributed by atoms with E-state index in [0.717, 1.165) is 0 Å². The molecule has 268 valence electrons. The van der Waals surface area contributed by atoms with Crippen molar-refractivity contribution in [2.24, 2.45) is 11.8 Å². The molecule has 46 heavy (non-hydrogen) atoms. The Hall–Kier alpha value is -0.680. The fourth-order valence-electron chi connectivity index (χ4n) is 7.73. The molecule has 18 atom stereocenters. The van der Waals surface area contributed by atoms with E-state index in [-0.39, 0.29) is 25.2 Å². The minimum absolute atomic E-state index is 0.0874. The average molecular weight is 671 g/mol. The minimum atomic E-state index is -1.68. The lowest BCUT2D eigenvalue weighted by Crippen LogP contribution is -2.63. The first-order valence-corrected chi connectivity index (χ1v) is 15.9. The number of methoxy groups -OCH3 is 2. The van der Waals surface area contributed by atoms with E-state index in [1.54, 1.807) is 0 Å². The molecule has 0 spiro atoms. The molecule has 2 saturated carbocycles. The van der Waals surface area contributed by atoms with E-state index in [2.05, 4.69) is 0 Å². The summed E-state index contributed by atoms with van der Waals surface area (Å²) in [5, 5.41) is 104. The van der Waals surface area contributed by atoms with E-state index in [1.807, 2.05) is 0 Å². The van der Waals surface area contributed by atoms with E-state index >= 15 is 0 Å². The molecule has 0 amide bonds. The number of ether oxygens (including phenoxy) is 7. The number of aliphatic hydroxyl groups is 10. The van der Waals surface area contributed by atoms with Crippen LogP contribution in [0.5, 0.6) is 0 Å². The van der Waals surface area contributed by atoms with Crippen molar-refractivity contribution in [3.05, 3.63) is 0 Å². The molecule has 0 aromatic carbocycles. The first-order chi connectivity index (χ1) is 21.9. The summed E-state index contributed by atoms with van der Waals surface area (Å²) in [4.78, 5) is 0. The fraction of sp³-hybridized carbons (Fsp3) is 1.00. The van der Waals surface area contributed by atoms with Gasteiger partial charge in [-0.3, -0.25) is 0 Å². The first-order valence-electron chi connectivity index (χ1n) is 15.9. The van der Waals surface area contributed by atoms with Crippen molar-refractivity contribution in [1.29, 1.82) is 0 Å². The molecule has 8 unspecified atom stereocenters. The van der Waals surface area contributed by atoms with Crippen LogP contribution in [0.1, 0.15) is 32.1 Å². The van der Waals surface area contributed by atoms with Crippen LogP contribution in [-0.2, 0) is 33.2 Å². The summed E-state index contributed by atoms with van der Waals surface area (Å²) in [6.07, 6.45) is -20.1. The Morgan fingerprint density at radius 3 is 1.50 bits per heavy atom. The van der Waals surface area contributed by atoms with E-state index in [0.29, 0.717) is 12.8 Å². The van der Waals surface area contributed by atoms with E-state index in [1.165, 1.54) is 14.2 Å². The zero-order valence-electron chi connectivity index (χ0n) is 25.8. The van der Waals surface area contributed by atoms with Crippen LogP contribution in [-0.4, -0.2) is 189 Å². The maximum Gasteiger partial charge on any atom is 0.187 e. The minimum Gasteiger partial charge on any atom is -0.394 e. The molecule has 3 saturated heterocycles. The lowest BCUT2D eigenvalue weighted by molar-refractivity contribution is -0.345.